The van der Waals surface area contributed by atoms with Gasteiger partial charge in [0.05, 0.1) is 0 Å². The van der Waals surface area contributed by atoms with Crippen molar-refractivity contribution >= 4 is 8.07 Å². The molecule has 1 atom stereocenters. The van der Waals surface area contributed by atoms with Gasteiger partial charge < -0.3 is 5.32 Å². The number of hydrogen-bond acceptors (Lipinski definition) is 1. The summed E-state index contributed by atoms with van der Waals surface area (Å²) < 4.78 is 0. The van der Waals surface area contributed by atoms with Gasteiger partial charge in [-0.25, -0.2) is 0 Å². The minimum absolute atomic E-state index is 0.786. The van der Waals surface area contributed by atoms with Crippen molar-refractivity contribution < 1.29 is 0 Å². The van der Waals surface area contributed by atoms with Crippen molar-refractivity contribution in [3.63, 3.8) is 0 Å². The summed E-state index contributed by atoms with van der Waals surface area (Å²) in [5.74, 6) is 0.786. The topological polar surface area (TPSA) is 12.0 Å². The van der Waals surface area contributed by atoms with E-state index in [0.29, 0.717) is 0 Å². The third kappa shape index (κ3) is 6.04. The number of rotatable bonds is 6. The molecule has 0 saturated carbocycles. The Kier molecular flexibility index (Phi) is 5.41. The lowest BCUT2D eigenvalue weighted by Gasteiger charge is -2.24. The molecular formula is C15H27NSi. The molecule has 0 aliphatic rings. The van der Waals surface area contributed by atoms with Crippen LogP contribution in [0.15, 0.2) is 24.3 Å². The minimum Gasteiger partial charge on any atom is -0.319 e. The summed E-state index contributed by atoms with van der Waals surface area (Å²) >= 11 is 0. The average molecular weight is 249 g/mol. The van der Waals surface area contributed by atoms with Gasteiger partial charge in [-0.05, 0) is 38.4 Å². The molecule has 0 amide bonds. The van der Waals surface area contributed by atoms with Crippen molar-refractivity contribution in [1.29, 1.82) is 0 Å². The van der Waals surface area contributed by atoms with Gasteiger partial charge in [0.25, 0.3) is 0 Å². The molecule has 1 aromatic rings. The van der Waals surface area contributed by atoms with E-state index in [2.05, 4.69) is 63.2 Å². The van der Waals surface area contributed by atoms with E-state index in [-0.39, 0.29) is 0 Å². The zero-order chi connectivity index (χ0) is 12.9. The highest BCUT2D eigenvalue weighted by atomic mass is 28.3. The van der Waals surface area contributed by atoms with E-state index in [9.17, 15) is 0 Å². The maximum absolute atomic E-state index is 3.35. The lowest BCUT2D eigenvalue weighted by Crippen LogP contribution is -2.30. The Bertz CT molecular complexity index is 341. The van der Waals surface area contributed by atoms with Crippen molar-refractivity contribution in [2.45, 2.75) is 39.0 Å². The summed E-state index contributed by atoms with van der Waals surface area (Å²) in [4.78, 5) is 0. The van der Waals surface area contributed by atoms with E-state index >= 15 is 0 Å². The maximum Gasteiger partial charge on any atom is 0.0446 e. The highest BCUT2D eigenvalue weighted by Gasteiger charge is 2.20. The molecule has 1 nitrogen and oxygen atoms in total. The third-order valence-electron chi connectivity index (χ3n) is 3.00. The Balaban J connectivity index is 2.66. The standard InChI is InChI=1S/C15H27NSi/c1-13-7-6-8-14(9-13)10-15(11-16-2)12-17(3,4)5/h6-9,15-16H,10-12H2,1-5H3. The van der Waals surface area contributed by atoms with Gasteiger partial charge in [-0.15, -0.1) is 0 Å². The number of hydrogen-bond donors (Lipinski definition) is 1. The van der Waals surface area contributed by atoms with Crippen molar-refractivity contribution in [2.24, 2.45) is 5.92 Å². The molecule has 1 rings (SSSR count). The first-order valence-electron chi connectivity index (χ1n) is 6.61. The van der Waals surface area contributed by atoms with Crippen molar-refractivity contribution in [1.82, 2.24) is 5.32 Å². The molecular weight excluding hydrogens is 222 g/mol. The Labute approximate surface area is 108 Å². The zero-order valence-corrected chi connectivity index (χ0v) is 13.0. The van der Waals surface area contributed by atoms with Crippen LogP contribution in [0.1, 0.15) is 11.1 Å². The van der Waals surface area contributed by atoms with E-state index < -0.39 is 8.07 Å². The molecule has 1 N–H and O–H groups in total. The molecule has 0 aliphatic heterocycles. The summed E-state index contributed by atoms with van der Waals surface area (Å²) in [7, 11) is 1.10. The first-order valence-corrected chi connectivity index (χ1v) is 10.3. The Morgan fingerprint density at radius 1 is 1.24 bits per heavy atom. The lowest BCUT2D eigenvalue weighted by molar-refractivity contribution is 0.535. The van der Waals surface area contributed by atoms with E-state index in [1.54, 1.807) is 0 Å². The molecule has 2 heteroatoms. The van der Waals surface area contributed by atoms with Crippen LogP contribution in [-0.4, -0.2) is 21.7 Å². The number of benzene rings is 1. The molecule has 0 bridgehead atoms. The quantitative estimate of drug-likeness (QED) is 0.758. The Morgan fingerprint density at radius 2 is 1.94 bits per heavy atom. The van der Waals surface area contributed by atoms with Crippen molar-refractivity contribution in [2.75, 3.05) is 13.6 Å². The third-order valence-corrected chi connectivity index (χ3v) is 4.80. The first kappa shape index (κ1) is 14.5. The van der Waals surface area contributed by atoms with Crippen LogP contribution >= 0.6 is 0 Å². The van der Waals surface area contributed by atoms with Gasteiger partial charge in [0.2, 0.25) is 0 Å². The van der Waals surface area contributed by atoms with Gasteiger partial charge in [0.15, 0.2) is 0 Å². The monoisotopic (exact) mass is 249 g/mol. The molecule has 0 fully saturated rings. The second-order valence-corrected chi connectivity index (χ2v) is 11.9. The maximum atomic E-state index is 3.35. The zero-order valence-electron chi connectivity index (χ0n) is 12.0. The highest BCUT2D eigenvalue weighted by Crippen LogP contribution is 2.20. The SMILES string of the molecule is CNCC(Cc1cccc(C)c1)C[Si](C)(C)C. The minimum atomic E-state index is -0.965. The second-order valence-electron chi connectivity index (χ2n) is 6.38. The van der Waals surface area contributed by atoms with Crippen LogP contribution in [0.4, 0.5) is 0 Å². The predicted molar refractivity (Wildman–Crippen MR) is 80.5 cm³/mol. The molecule has 0 aliphatic carbocycles. The molecule has 1 aromatic carbocycles. The Morgan fingerprint density at radius 3 is 2.47 bits per heavy atom. The van der Waals surface area contributed by atoms with E-state index in [0.717, 1.165) is 12.5 Å². The van der Waals surface area contributed by atoms with Gasteiger partial charge in [0.1, 0.15) is 0 Å². The smallest absolute Gasteiger partial charge is 0.0446 e. The fraction of sp³-hybridized carbons (Fsp3) is 0.600. The lowest BCUT2D eigenvalue weighted by atomic mass is 9.99. The summed E-state index contributed by atoms with van der Waals surface area (Å²) in [6.45, 7) is 10.7. The van der Waals surface area contributed by atoms with Crippen LogP contribution in [0.25, 0.3) is 0 Å². The van der Waals surface area contributed by atoms with Crippen LogP contribution < -0.4 is 5.32 Å². The van der Waals surface area contributed by atoms with Crippen molar-refractivity contribution in [3.8, 4) is 0 Å². The summed E-state index contributed by atoms with van der Waals surface area (Å²) in [5.41, 5.74) is 2.86. The molecule has 96 valence electrons. The van der Waals surface area contributed by atoms with Gasteiger partial charge in [-0.3, -0.25) is 0 Å². The molecule has 1 unspecified atom stereocenters. The van der Waals surface area contributed by atoms with Gasteiger partial charge >= 0.3 is 0 Å². The molecule has 0 radical (unpaired) electrons. The van der Waals surface area contributed by atoms with Crippen LogP contribution in [0.3, 0.4) is 0 Å². The van der Waals surface area contributed by atoms with Gasteiger partial charge in [-0.1, -0.05) is 55.5 Å². The predicted octanol–water partition coefficient (Wildman–Crippen LogP) is 3.71. The van der Waals surface area contributed by atoms with E-state index in [1.807, 2.05) is 0 Å². The Hall–Kier alpha value is -0.603. The van der Waals surface area contributed by atoms with Crippen LogP contribution in [0.5, 0.6) is 0 Å². The van der Waals surface area contributed by atoms with Crippen LogP contribution in [-0.2, 0) is 6.42 Å². The number of nitrogens with one attached hydrogen (secondary N) is 1. The largest absolute Gasteiger partial charge is 0.319 e. The van der Waals surface area contributed by atoms with Crippen LogP contribution in [0.2, 0.25) is 25.7 Å². The normalized spacial score (nSPS) is 13.7. The van der Waals surface area contributed by atoms with Crippen molar-refractivity contribution in [3.05, 3.63) is 35.4 Å². The molecule has 0 heterocycles. The summed E-state index contributed by atoms with van der Waals surface area (Å²) in [5, 5.41) is 3.35. The molecule has 0 saturated heterocycles. The molecule has 0 spiro atoms. The average Bonchev–Trinajstić information content (AvgIpc) is 2.15. The van der Waals surface area contributed by atoms with E-state index in [1.165, 1.54) is 23.6 Å². The first-order chi connectivity index (χ1) is 7.90. The van der Waals surface area contributed by atoms with Gasteiger partial charge in [0, 0.05) is 8.07 Å². The summed E-state index contributed by atoms with van der Waals surface area (Å²) in [6.07, 6.45) is 1.22. The van der Waals surface area contributed by atoms with E-state index in [4.69, 9.17) is 0 Å². The van der Waals surface area contributed by atoms with Crippen LogP contribution in [0, 0.1) is 12.8 Å². The number of aryl methyl sites for hydroxylation is 1. The molecule has 17 heavy (non-hydrogen) atoms. The van der Waals surface area contributed by atoms with Gasteiger partial charge in [-0.2, -0.15) is 0 Å². The highest BCUT2D eigenvalue weighted by molar-refractivity contribution is 6.76. The fourth-order valence-corrected chi connectivity index (χ4v) is 4.56. The fourth-order valence-electron chi connectivity index (χ4n) is 2.54. The summed E-state index contributed by atoms with van der Waals surface area (Å²) in [6, 6.07) is 10.3. The second kappa shape index (κ2) is 6.36. The molecule has 0 aromatic heterocycles.